The number of nitrogens with zero attached hydrogens (tertiary/aromatic N) is 8. The van der Waals surface area contributed by atoms with E-state index in [-0.39, 0.29) is 0 Å². The lowest BCUT2D eigenvalue weighted by molar-refractivity contribution is 0.118. The fourth-order valence-electron chi connectivity index (χ4n) is 3.67. The normalized spacial score (nSPS) is 16.0. The Morgan fingerprint density at radius 1 is 0.821 bits per heavy atom. The van der Waals surface area contributed by atoms with Crippen molar-refractivity contribution in [1.29, 1.82) is 0 Å². The zero-order valence-electron chi connectivity index (χ0n) is 15.6. The van der Waals surface area contributed by atoms with Gasteiger partial charge in [-0.1, -0.05) is 24.3 Å². The van der Waals surface area contributed by atoms with E-state index in [2.05, 4.69) is 35.9 Å². The summed E-state index contributed by atoms with van der Waals surface area (Å²) >= 11 is 0. The maximum Gasteiger partial charge on any atom is 0.170 e. The van der Waals surface area contributed by atoms with Crippen LogP contribution in [0.25, 0.3) is 11.3 Å². The molecule has 1 aliphatic heterocycles. The summed E-state index contributed by atoms with van der Waals surface area (Å²) in [4.78, 5) is 9.57. The Morgan fingerprint density at radius 3 is 2.36 bits per heavy atom. The van der Waals surface area contributed by atoms with Crippen LogP contribution in [0.2, 0.25) is 0 Å². The summed E-state index contributed by atoms with van der Waals surface area (Å²) in [5.74, 6) is 0.875. The van der Waals surface area contributed by atoms with Crippen LogP contribution in [0.4, 0.5) is 0 Å². The molecule has 0 atom stereocenters. The fraction of sp³-hybridized carbons (Fsp3) is 0.300. The first-order valence-corrected chi connectivity index (χ1v) is 9.55. The highest BCUT2D eigenvalue weighted by atomic mass is 15.5. The standard InChI is InChI=1S/C20H22N8/c1-2-6-18(7-3-1)28-20(22-23-24-28)16-26-12-10-25(11-13-26)14-17-15-27-9-5-4-8-19(27)21-17/h1-9,15H,10-14,16H2. The number of pyridine rings is 1. The van der Waals surface area contributed by atoms with Crippen LogP contribution in [0, 0.1) is 0 Å². The van der Waals surface area contributed by atoms with Crippen LogP contribution in [0.1, 0.15) is 11.5 Å². The summed E-state index contributed by atoms with van der Waals surface area (Å²) in [6.07, 6.45) is 4.16. The number of hydrogen-bond donors (Lipinski definition) is 0. The maximum absolute atomic E-state index is 4.71. The van der Waals surface area contributed by atoms with Gasteiger partial charge >= 0.3 is 0 Å². The lowest BCUT2D eigenvalue weighted by Crippen LogP contribution is -2.45. The van der Waals surface area contributed by atoms with Gasteiger partial charge in [-0.05, 0) is 34.7 Å². The second kappa shape index (κ2) is 7.49. The van der Waals surface area contributed by atoms with E-state index < -0.39 is 0 Å². The Kier molecular flexibility index (Phi) is 4.56. The van der Waals surface area contributed by atoms with Crippen LogP contribution < -0.4 is 0 Å². The van der Waals surface area contributed by atoms with Crippen molar-refractivity contribution in [2.24, 2.45) is 0 Å². The Hall–Kier alpha value is -3.10. The molecule has 0 aliphatic carbocycles. The Bertz CT molecular complexity index is 1010. The number of fused-ring (bicyclic) bond motifs is 1. The average molecular weight is 374 g/mol. The number of tetrazole rings is 1. The van der Waals surface area contributed by atoms with Gasteiger partial charge in [-0.2, -0.15) is 4.68 Å². The third-order valence-electron chi connectivity index (χ3n) is 5.16. The van der Waals surface area contributed by atoms with Gasteiger partial charge in [0, 0.05) is 45.1 Å². The highest BCUT2D eigenvalue weighted by Gasteiger charge is 2.20. The van der Waals surface area contributed by atoms with Gasteiger partial charge in [0.2, 0.25) is 0 Å². The molecule has 8 heteroatoms. The lowest BCUT2D eigenvalue weighted by Gasteiger charge is -2.33. The Balaban J connectivity index is 1.19. The summed E-state index contributed by atoms with van der Waals surface area (Å²) < 4.78 is 3.90. The van der Waals surface area contributed by atoms with E-state index in [0.29, 0.717) is 0 Å². The Morgan fingerprint density at radius 2 is 1.57 bits per heavy atom. The number of rotatable bonds is 5. The minimum Gasteiger partial charge on any atom is -0.307 e. The van der Waals surface area contributed by atoms with Crippen molar-refractivity contribution >= 4 is 5.65 Å². The first kappa shape index (κ1) is 17.0. The third kappa shape index (κ3) is 3.51. The molecule has 0 radical (unpaired) electrons. The molecule has 4 aromatic rings. The van der Waals surface area contributed by atoms with E-state index in [1.165, 1.54) is 0 Å². The zero-order valence-corrected chi connectivity index (χ0v) is 15.6. The predicted octanol–water partition coefficient (Wildman–Crippen LogP) is 1.63. The van der Waals surface area contributed by atoms with Gasteiger partial charge in [0.15, 0.2) is 5.82 Å². The molecular weight excluding hydrogens is 352 g/mol. The van der Waals surface area contributed by atoms with E-state index in [1.54, 1.807) is 0 Å². The smallest absolute Gasteiger partial charge is 0.170 e. The molecule has 5 rings (SSSR count). The monoisotopic (exact) mass is 374 g/mol. The van der Waals surface area contributed by atoms with E-state index in [9.17, 15) is 0 Å². The molecule has 0 amide bonds. The van der Waals surface area contributed by atoms with Gasteiger partial charge in [-0.25, -0.2) is 4.98 Å². The highest BCUT2D eigenvalue weighted by molar-refractivity contribution is 5.39. The summed E-state index contributed by atoms with van der Waals surface area (Å²) in [6.45, 7) is 5.66. The predicted molar refractivity (Wildman–Crippen MR) is 105 cm³/mol. The molecular formula is C20H22N8. The van der Waals surface area contributed by atoms with Gasteiger partial charge in [-0.15, -0.1) is 5.10 Å². The first-order valence-electron chi connectivity index (χ1n) is 9.55. The molecule has 8 nitrogen and oxygen atoms in total. The van der Waals surface area contributed by atoms with Crippen molar-refractivity contribution in [3.8, 4) is 5.69 Å². The SMILES string of the molecule is c1ccc(-n2nnnc2CN2CCN(Cc3cn4ccccc4n3)CC2)cc1. The quantitative estimate of drug-likeness (QED) is 0.529. The molecule has 1 fully saturated rings. The van der Waals surface area contributed by atoms with E-state index in [4.69, 9.17) is 4.98 Å². The molecule has 0 N–H and O–H groups in total. The van der Waals surface area contributed by atoms with Crippen molar-refractivity contribution < 1.29 is 0 Å². The second-order valence-electron chi connectivity index (χ2n) is 7.09. The molecule has 0 spiro atoms. The molecule has 1 aromatic carbocycles. The molecule has 142 valence electrons. The van der Waals surface area contributed by atoms with Crippen molar-refractivity contribution in [3.63, 3.8) is 0 Å². The van der Waals surface area contributed by atoms with Crippen molar-refractivity contribution in [2.45, 2.75) is 13.1 Å². The lowest BCUT2D eigenvalue weighted by atomic mass is 10.3. The van der Waals surface area contributed by atoms with Crippen LogP contribution in [-0.2, 0) is 13.1 Å². The van der Waals surface area contributed by atoms with Gasteiger partial charge in [0.05, 0.1) is 17.9 Å². The molecule has 0 bridgehead atoms. The maximum atomic E-state index is 4.71. The summed E-state index contributed by atoms with van der Waals surface area (Å²) in [7, 11) is 0. The van der Waals surface area contributed by atoms with Crippen LogP contribution in [-0.4, -0.2) is 65.6 Å². The number of benzene rings is 1. The molecule has 28 heavy (non-hydrogen) atoms. The number of hydrogen-bond acceptors (Lipinski definition) is 6. The third-order valence-corrected chi connectivity index (χ3v) is 5.16. The first-order chi connectivity index (χ1) is 13.8. The van der Waals surface area contributed by atoms with E-state index in [1.807, 2.05) is 59.4 Å². The minimum absolute atomic E-state index is 0.754. The number of imidazole rings is 1. The van der Waals surface area contributed by atoms with Gasteiger partial charge in [0.25, 0.3) is 0 Å². The Labute approximate surface area is 163 Å². The van der Waals surface area contributed by atoms with Crippen LogP contribution in [0.5, 0.6) is 0 Å². The van der Waals surface area contributed by atoms with Crippen LogP contribution in [0.3, 0.4) is 0 Å². The van der Waals surface area contributed by atoms with E-state index in [0.717, 1.165) is 62.1 Å². The van der Waals surface area contributed by atoms with Gasteiger partial charge < -0.3 is 4.40 Å². The van der Waals surface area contributed by atoms with E-state index >= 15 is 0 Å². The van der Waals surface area contributed by atoms with Crippen molar-refractivity contribution in [2.75, 3.05) is 26.2 Å². The fourth-order valence-corrected chi connectivity index (χ4v) is 3.67. The largest absolute Gasteiger partial charge is 0.307 e. The molecule has 1 saturated heterocycles. The van der Waals surface area contributed by atoms with Gasteiger partial charge in [-0.3, -0.25) is 9.80 Å². The van der Waals surface area contributed by atoms with Crippen molar-refractivity contribution in [1.82, 2.24) is 39.4 Å². The number of piperazine rings is 1. The molecule has 0 unspecified atom stereocenters. The topological polar surface area (TPSA) is 67.4 Å². The van der Waals surface area contributed by atoms with Crippen LogP contribution >= 0.6 is 0 Å². The zero-order chi connectivity index (χ0) is 18.8. The van der Waals surface area contributed by atoms with Gasteiger partial charge in [0.1, 0.15) is 5.65 Å². The molecule has 4 heterocycles. The second-order valence-corrected chi connectivity index (χ2v) is 7.09. The molecule has 1 aliphatic rings. The number of aromatic nitrogens is 6. The van der Waals surface area contributed by atoms with Crippen molar-refractivity contribution in [3.05, 3.63) is 72.4 Å². The summed E-state index contributed by atoms with van der Waals surface area (Å²) in [6, 6.07) is 16.1. The summed E-state index contributed by atoms with van der Waals surface area (Å²) in [5.41, 5.74) is 3.12. The summed E-state index contributed by atoms with van der Waals surface area (Å²) in [5, 5.41) is 12.3. The molecule has 0 saturated carbocycles. The van der Waals surface area contributed by atoms with Crippen LogP contribution in [0.15, 0.2) is 60.9 Å². The highest BCUT2D eigenvalue weighted by Crippen LogP contribution is 2.13. The molecule has 3 aromatic heterocycles. The average Bonchev–Trinajstić information content (AvgIpc) is 3.36. The minimum atomic E-state index is 0.754. The number of para-hydroxylation sites is 1.